The number of hydrogen-bond donors (Lipinski definition) is 1. The molecule has 1 unspecified atom stereocenters. The minimum absolute atomic E-state index is 0.0650. The maximum absolute atomic E-state index is 12.4. The molecular weight excluding hydrogens is 366 g/mol. The van der Waals surface area contributed by atoms with E-state index in [0.717, 1.165) is 49.4 Å². The third-order valence-corrected chi connectivity index (χ3v) is 5.27. The van der Waals surface area contributed by atoms with Crippen LogP contribution >= 0.6 is 0 Å². The first-order valence-electron chi connectivity index (χ1n) is 10.7. The van der Waals surface area contributed by atoms with Gasteiger partial charge in [-0.15, -0.1) is 0 Å². The number of hydrogen-bond acceptors (Lipinski definition) is 5. The van der Waals surface area contributed by atoms with Crippen LogP contribution in [0.3, 0.4) is 0 Å². The van der Waals surface area contributed by atoms with Gasteiger partial charge in [0, 0.05) is 25.9 Å². The molecule has 1 aromatic carbocycles. The van der Waals surface area contributed by atoms with Gasteiger partial charge in [-0.05, 0) is 62.1 Å². The van der Waals surface area contributed by atoms with Crippen molar-refractivity contribution in [3.8, 4) is 17.6 Å². The van der Waals surface area contributed by atoms with Gasteiger partial charge in [-0.2, -0.15) is 5.26 Å². The molecule has 156 valence electrons. The summed E-state index contributed by atoms with van der Waals surface area (Å²) in [5.41, 5.74) is 1.11. The molecule has 0 aromatic heterocycles. The van der Waals surface area contributed by atoms with Crippen LogP contribution in [0.25, 0.3) is 0 Å². The van der Waals surface area contributed by atoms with Gasteiger partial charge in [0.1, 0.15) is 13.2 Å². The average Bonchev–Trinajstić information content (AvgIpc) is 3.25. The molecule has 2 aliphatic heterocycles. The molecule has 1 saturated heterocycles. The van der Waals surface area contributed by atoms with Crippen LogP contribution in [0.15, 0.2) is 30.5 Å². The predicted octanol–water partition coefficient (Wildman–Crippen LogP) is 3.57. The molecule has 2 aliphatic rings. The summed E-state index contributed by atoms with van der Waals surface area (Å²) in [4.78, 5) is 14.7. The second-order valence-corrected chi connectivity index (χ2v) is 7.66. The molecule has 0 bridgehead atoms. The second kappa shape index (κ2) is 11.4. The third kappa shape index (κ3) is 7.01. The van der Waals surface area contributed by atoms with Crippen LogP contribution in [0, 0.1) is 11.3 Å². The number of benzene rings is 1. The maximum Gasteiger partial charge on any atom is 0.220 e. The SMILES string of the molecule is N#CCCCCCC(=O)NC(/C=C\N1CCCC1)Cc1ccc2c(c1)OCCO2. The summed E-state index contributed by atoms with van der Waals surface area (Å²) >= 11 is 0. The molecule has 6 nitrogen and oxygen atoms in total. The van der Waals surface area contributed by atoms with E-state index in [1.807, 2.05) is 18.2 Å². The van der Waals surface area contributed by atoms with E-state index in [1.54, 1.807) is 0 Å². The van der Waals surface area contributed by atoms with Gasteiger partial charge >= 0.3 is 0 Å². The van der Waals surface area contributed by atoms with E-state index in [-0.39, 0.29) is 11.9 Å². The van der Waals surface area contributed by atoms with E-state index in [9.17, 15) is 4.79 Å². The highest BCUT2D eigenvalue weighted by Crippen LogP contribution is 2.31. The number of carbonyl (C=O) groups excluding carboxylic acids is 1. The van der Waals surface area contributed by atoms with Crippen LogP contribution in [-0.4, -0.2) is 43.2 Å². The lowest BCUT2D eigenvalue weighted by atomic mass is 10.0. The molecule has 29 heavy (non-hydrogen) atoms. The van der Waals surface area contributed by atoms with Crippen molar-refractivity contribution < 1.29 is 14.3 Å². The summed E-state index contributed by atoms with van der Waals surface area (Å²) in [6.45, 7) is 3.31. The van der Waals surface area contributed by atoms with Gasteiger partial charge in [0.25, 0.3) is 0 Å². The van der Waals surface area contributed by atoms with Crippen LogP contribution in [0.1, 0.15) is 50.5 Å². The number of unbranched alkanes of at least 4 members (excludes halogenated alkanes) is 3. The van der Waals surface area contributed by atoms with Gasteiger partial charge in [0.2, 0.25) is 5.91 Å². The van der Waals surface area contributed by atoms with E-state index in [0.29, 0.717) is 32.5 Å². The number of nitrogens with one attached hydrogen (secondary N) is 1. The molecule has 0 aliphatic carbocycles. The molecule has 0 spiro atoms. The molecule has 2 heterocycles. The Bertz CT molecular complexity index is 735. The number of ether oxygens (including phenoxy) is 2. The third-order valence-electron chi connectivity index (χ3n) is 5.27. The topological polar surface area (TPSA) is 74.6 Å². The van der Waals surface area contributed by atoms with Gasteiger partial charge in [-0.3, -0.25) is 4.79 Å². The normalized spacial score (nSPS) is 16.6. The number of nitrogens with zero attached hydrogens (tertiary/aromatic N) is 2. The average molecular weight is 398 g/mol. The van der Waals surface area contributed by atoms with Crippen molar-refractivity contribution >= 4 is 5.91 Å². The summed E-state index contributed by atoms with van der Waals surface area (Å²) in [5, 5.41) is 11.8. The van der Waals surface area contributed by atoms with Crippen LogP contribution in [0.4, 0.5) is 0 Å². The lowest BCUT2D eigenvalue weighted by molar-refractivity contribution is -0.121. The molecular formula is C23H31N3O3. The zero-order valence-corrected chi connectivity index (χ0v) is 17.1. The molecule has 1 fully saturated rings. The largest absolute Gasteiger partial charge is 0.486 e. The Kier molecular flexibility index (Phi) is 8.24. The summed E-state index contributed by atoms with van der Waals surface area (Å²) in [5.74, 6) is 1.63. The zero-order chi connectivity index (χ0) is 20.3. The lowest BCUT2D eigenvalue weighted by Crippen LogP contribution is -2.35. The van der Waals surface area contributed by atoms with E-state index in [2.05, 4.69) is 28.6 Å². The molecule has 0 saturated carbocycles. The van der Waals surface area contributed by atoms with Crippen molar-refractivity contribution in [2.75, 3.05) is 26.3 Å². The maximum atomic E-state index is 12.4. The number of fused-ring (bicyclic) bond motifs is 1. The summed E-state index contributed by atoms with van der Waals surface area (Å²) in [7, 11) is 0. The summed E-state index contributed by atoms with van der Waals surface area (Å²) in [6.07, 6.45) is 11.1. The lowest BCUT2D eigenvalue weighted by Gasteiger charge is -2.21. The van der Waals surface area contributed by atoms with Crippen molar-refractivity contribution in [3.05, 3.63) is 36.0 Å². The van der Waals surface area contributed by atoms with Crippen molar-refractivity contribution in [2.45, 2.75) is 57.4 Å². The number of rotatable bonds is 10. The standard InChI is InChI=1S/C23H31N3O3/c24-11-4-2-1-3-7-23(27)25-20(10-14-26-12-5-6-13-26)17-19-8-9-21-22(18-19)29-16-15-28-21/h8-10,14,18,20H,1-7,12-13,15-17H2,(H,25,27)/b14-10-. The fraction of sp³-hybridized carbons (Fsp3) is 0.565. The first kappa shape index (κ1) is 21.0. The van der Waals surface area contributed by atoms with Gasteiger partial charge < -0.3 is 19.7 Å². The minimum Gasteiger partial charge on any atom is -0.486 e. The zero-order valence-electron chi connectivity index (χ0n) is 17.1. The van der Waals surface area contributed by atoms with Crippen LogP contribution < -0.4 is 14.8 Å². The fourth-order valence-corrected chi connectivity index (χ4v) is 3.70. The molecule has 1 atom stereocenters. The first-order chi connectivity index (χ1) is 14.2. The Hall–Kier alpha value is -2.68. The smallest absolute Gasteiger partial charge is 0.220 e. The van der Waals surface area contributed by atoms with E-state index in [4.69, 9.17) is 14.7 Å². The van der Waals surface area contributed by atoms with Gasteiger partial charge in [-0.1, -0.05) is 12.5 Å². The molecule has 1 N–H and O–H groups in total. The Morgan fingerprint density at radius 1 is 1.17 bits per heavy atom. The molecule has 1 amide bonds. The van der Waals surface area contributed by atoms with Crippen molar-refractivity contribution in [1.82, 2.24) is 10.2 Å². The summed E-state index contributed by atoms with van der Waals surface area (Å²) < 4.78 is 11.3. The van der Waals surface area contributed by atoms with Crippen molar-refractivity contribution in [3.63, 3.8) is 0 Å². The first-order valence-corrected chi connectivity index (χ1v) is 10.7. The van der Waals surface area contributed by atoms with Gasteiger partial charge in [0.05, 0.1) is 12.1 Å². The predicted molar refractivity (Wildman–Crippen MR) is 112 cm³/mol. The molecule has 1 aromatic rings. The molecule has 0 radical (unpaired) electrons. The second-order valence-electron chi connectivity index (χ2n) is 7.66. The molecule has 3 rings (SSSR count). The van der Waals surface area contributed by atoms with Crippen molar-refractivity contribution in [2.24, 2.45) is 0 Å². The number of amides is 1. The fourth-order valence-electron chi connectivity index (χ4n) is 3.70. The Balaban J connectivity index is 1.58. The van der Waals surface area contributed by atoms with Crippen LogP contribution in [-0.2, 0) is 11.2 Å². The monoisotopic (exact) mass is 397 g/mol. The van der Waals surface area contributed by atoms with Crippen LogP contribution in [0.5, 0.6) is 11.5 Å². The quantitative estimate of drug-likeness (QED) is 0.611. The highest BCUT2D eigenvalue weighted by atomic mass is 16.6. The highest BCUT2D eigenvalue weighted by molar-refractivity contribution is 5.76. The highest BCUT2D eigenvalue weighted by Gasteiger charge is 2.16. The van der Waals surface area contributed by atoms with E-state index < -0.39 is 0 Å². The Labute approximate surface area is 173 Å². The van der Waals surface area contributed by atoms with Crippen LogP contribution in [0.2, 0.25) is 0 Å². The number of nitriles is 1. The van der Waals surface area contributed by atoms with E-state index >= 15 is 0 Å². The number of carbonyl (C=O) groups is 1. The Morgan fingerprint density at radius 2 is 1.97 bits per heavy atom. The van der Waals surface area contributed by atoms with E-state index in [1.165, 1.54) is 12.8 Å². The summed E-state index contributed by atoms with van der Waals surface area (Å²) in [6, 6.07) is 8.08. The Morgan fingerprint density at radius 3 is 2.76 bits per heavy atom. The number of likely N-dealkylation sites (tertiary alicyclic amines) is 1. The van der Waals surface area contributed by atoms with Gasteiger partial charge in [-0.25, -0.2) is 0 Å². The molecule has 6 heteroatoms. The minimum atomic E-state index is -0.0650. The van der Waals surface area contributed by atoms with Crippen molar-refractivity contribution in [1.29, 1.82) is 5.26 Å². The van der Waals surface area contributed by atoms with Gasteiger partial charge in [0.15, 0.2) is 11.5 Å².